The number of imidazole rings is 1. The highest BCUT2D eigenvalue weighted by atomic mass is 32.2. The number of aromatic nitrogens is 2. The van der Waals surface area contributed by atoms with E-state index >= 15 is 0 Å². The van der Waals surface area contributed by atoms with Crippen LogP contribution in [0.5, 0.6) is 0 Å². The summed E-state index contributed by atoms with van der Waals surface area (Å²) in [6.45, 7) is 3.51. The maximum atomic E-state index is 12.8. The number of nitrogens with zero attached hydrogens (tertiary/aromatic N) is 3. The zero-order valence-corrected chi connectivity index (χ0v) is 15.9. The minimum Gasteiger partial charge on any atom is -0.380 e. The topological polar surface area (TPSA) is 76.5 Å². The van der Waals surface area contributed by atoms with Crippen LogP contribution in [0.1, 0.15) is 18.4 Å². The molecule has 0 saturated carbocycles. The fourth-order valence-corrected chi connectivity index (χ4v) is 5.34. The lowest BCUT2D eigenvalue weighted by molar-refractivity contribution is 0.0173. The van der Waals surface area contributed by atoms with Crippen LogP contribution in [0.25, 0.3) is 0 Å². The van der Waals surface area contributed by atoms with Crippen molar-refractivity contribution in [2.75, 3.05) is 25.0 Å². The molecule has 1 spiro atoms. The Morgan fingerprint density at radius 3 is 2.96 bits per heavy atom. The van der Waals surface area contributed by atoms with Gasteiger partial charge in [-0.25, -0.2) is 13.4 Å². The quantitative estimate of drug-likeness (QED) is 0.880. The molecule has 0 radical (unpaired) electrons. The van der Waals surface area contributed by atoms with E-state index in [1.165, 1.54) is 22.4 Å². The normalized spacial score (nSPS) is 26.6. The van der Waals surface area contributed by atoms with Crippen LogP contribution in [-0.2, 0) is 21.8 Å². The van der Waals surface area contributed by atoms with Crippen LogP contribution >= 0.6 is 0 Å². The summed E-state index contributed by atoms with van der Waals surface area (Å²) in [6.07, 6.45) is 4.56. The number of rotatable bonds is 4. The van der Waals surface area contributed by atoms with E-state index in [4.69, 9.17) is 4.74 Å². The van der Waals surface area contributed by atoms with Crippen LogP contribution in [0.2, 0.25) is 0 Å². The number of benzene rings is 1. The Labute approximate surface area is 154 Å². The second kappa shape index (κ2) is 6.37. The molecule has 2 aliphatic heterocycles. The van der Waals surface area contributed by atoms with Gasteiger partial charge < -0.3 is 14.6 Å². The van der Waals surface area contributed by atoms with E-state index in [9.17, 15) is 8.42 Å². The van der Waals surface area contributed by atoms with E-state index in [0.717, 1.165) is 12.1 Å². The van der Waals surface area contributed by atoms with Crippen LogP contribution < -0.4 is 5.32 Å². The molecule has 8 heteroatoms. The second-order valence-electron chi connectivity index (χ2n) is 7.37. The molecule has 2 saturated heterocycles. The minimum absolute atomic E-state index is 0.101. The molecule has 3 heterocycles. The first-order valence-electron chi connectivity index (χ1n) is 8.82. The molecule has 140 valence electrons. The van der Waals surface area contributed by atoms with E-state index in [-0.39, 0.29) is 11.1 Å². The van der Waals surface area contributed by atoms with E-state index in [1.807, 2.05) is 12.1 Å². The summed E-state index contributed by atoms with van der Waals surface area (Å²) in [6, 6.07) is 8.44. The lowest BCUT2D eigenvalue weighted by atomic mass is 9.97. The van der Waals surface area contributed by atoms with Crippen molar-refractivity contribution in [1.29, 1.82) is 0 Å². The monoisotopic (exact) mass is 376 g/mol. The highest BCUT2D eigenvalue weighted by molar-refractivity contribution is 7.89. The van der Waals surface area contributed by atoms with Crippen molar-refractivity contribution in [1.82, 2.24) is 13.9 Å². The summed E-state index contributed by atoms with van der Waals surface area (Å²) in [5.74, 6) is 0. The lowest BCUT2D eigenvalue weighted by Gasteiger charge is -2.23. The number of hydrogen-bond donors (Lipinski definition) is 1. The van der Waals surface area contributed by atoms with Gasteiger partial charge in [0.25, 0.3) is 10.0 Å². The Kier molecular flexibility index (Phi) is 4.29. The largest absolute Gasteiger partial charge is 0.380 e. The standard InChI is InChI=1S/C18H24N4O3S/c1-14-4-3-5-15(8-14)20-16-9-18(25-11-16)6-7-22(12-18)26(23,24)17-10-21(2)13-19-17/h3-5,8,10,13,16,20H,6-7,9,11-12H2,1-2H3/t16-,18+/m0/s1. The molecule has 7 nitrogen and oxygen atoms in total. The molecule has 2 aromatic rings. The summed E-state index contributed by atoms with van der Waals surface area (Å²) >= 11 is 0. The first kappa shape index (κ1) is 17.5. The predicted molar refractivity (Wildman–Crippen MR) is 98.5 cm³/mol. The molecule has 2 fully saturated rings. The van der Waals surface area contributed by atoms with Crippen molar-refractivity contribution < 1.29 is 13.2 Å². The molecule has 0 aliphatic carbocycles. The van der Waals surface area contributed by atoms with Gasteiger partial charge in [0.1, 0.15) is 0 Å². The van der Waals surface area contributed by atoms with Gasteiger partial charge in [0, 0.05) is 38.4 Å². The van der Waals surface area contributed by atoms with Crippen molar-refractivity contribution in [3.63, 3.8) is 0 Å². The third-order valence-corrected chi connectivity index (χ3v) is 6.90. The number of ether oxygens (including phenoxy) is 1. The molecule has 0 unspecified atom stereocenters. The minimum atomic E-state index is -3.56. The highest BCUT2D eigenvalue weighted by Crippen LogP contribution is 2.38. The van der Waals surface area contributed by atoms with Gasteiger partial charge in [0.05, 0.1) is 24.6 Å². The molecule has 2 atom stereocenters. The number of hydrogen-bond acceptors (Lipinski definition) is 5. The molecular weight excluding hydrogens is 352 g/mol. The fourth-order valence-electron chi connectivity index (χ4n) is 3.86. The van der Waals surface area contributed by atoms with E-state index in [2.05, 4.69) is 29.4 Å². The molecule has 1 N–H and O–H groups in total. The number of anilines is 1. The van der Waals surface area contributed by atoms with Crippen LogP contribution in [0, 0.1) is 6.92 Å². The van der Waals surface area contributed by atoms with Gasteiger partial charge in [-0.3, -0.25) is 0 Å². The fraction of sp³-hybridized carbons (Fsp3) is 0.500. The molecule has 1 aromatic carbocycles. The Hall–Kier alpha value is -1.90. The second-order valence-corrected chi connectivity index (χ2v) is 9.26. The van der Waals surface area contributed by atoms with Gasteiger partial charge in [-0.1, -0.05) is 12.1 Å². The Morgan fingerprint density at radius 1 is 1.38 bits per heavy atom. The summed E-state index contributed by atoms with van der Waals surface area (Å²) in [7, 11) is -1.80. The highest BCUT2D eigenvalue weighted by Gasteiger charge is 2.49. The Morgan fingerprint density at radius 2 is 2.23 bits per heavy atom. The molecular formula is C18H24N4O3S. The average Bonchev–Trinajstić information content (AvgIpc) is 3.30. The summed E-state index contributed by atoms with van der Waals surface area (Å²) in [5.41, 5.74) is 1.88. The van der Waals surface area contributed by atoms with Crippen LogP contribution in [-0.4, -0.2) is 53.6 Å². The Bertz CT molecular complexity index is 911. The molecule has 4 rings (SSSR count). The van der Waals surface area contributed by atoms with Crippen molar-refractivity contribution in [3.8, 4) is 0 Å². The van der Waals surface area contributed by atoms with E-state index in [0.29, 0.717) is 26.1 Å². The molecule has 2 aliphatic rings. The van der Waals surface area contributed by atoms with Crippen LogP contribution in [0.15, 0.2) is 41.8 Å². The first-order valence-corrected chi connectivity index (χ1v) is 10.3. The van der Waals surface area contributed by atoms with Gasteiger partial charge >= 0.3 is 0 Å². The van der Waals surface area contributed by atoms with Crippen molar-refractivity contribution in [3.05, 3.63) is 42.4 Å². The van der Waals surface area contributed by atoms with Gasteiger partial charge in [0.15, 0.2) is 5.03 Å². The smallest absolute Gasteiger partial charge is 0.262 e. The van der Waals surface area contributed by atoms with E-state index in [1.54, 1.807) is 11.6 Å². The zero-order valence-electron chi connectivity index (χ0n) is 15.1. The van der Waals surface area contributed by atoms with E-state index < -0.39 is 15.6 Å². The average molecular weight is 376 g/mol. The molecule has 0 bridgehead atoms. The van der Waals surface area contributed by atoms with Gasteiger partial charge in [-0.15, -0.1) is 0 Å². The van der Waals surface area contributed by atoms with Crippen LogP contribution in [0.3, 0.4) is 0 Å². The number of sulfonamides is 1. The van der Waals surface area contributed by atoms with Crippen molar-refractivity contribution in [2.45, 2.75) is 36.4 Å². The summed E-state index contributed by atoms with van der Waals surface area (Å²) < 4.78 is 34.8. The summed E-state index contributed by atoms with van der Waals surface area (Å²) in [4.78, 5) is 4.01. The maximum absolute atomic E-state index is 12.8. The number of nitrogens with one attached hydrogen (secondary N) is 1. The predicted octanol–water partition coefficient (Wildman–Crippen LogP) is 1.76. The van der Waals surface area contributed by atoms with Gasteiger partial charge in [-0.05, 0) is 31.0 Å². The zero-order chi connectivity index (χ0) is 18.4. The maximum Gasteiger partial charge on any atom is 0.262 e. The SMILES string of the molecule is Cc1cccc(N[C@@H]2CO[C@]3(CCN(S(=O)(=O)c4cn(C)cn4)C3)C2)c1. The molecule has 26 heavy (non-hydrogen) atoms. The third kappa shape index (κ3) is 3.24. The van der Waals surface area contributed by atoms with Crippen molar-refractivity contribution in [2.24, 2.45) is 7.05 Å². The summed E-state index contributed by atoms with van der Waals surface area (Å²) in [5, 5.41) is 3.61. The van der Waals surface area contributed by atoms with Gasteiger partial charge in [-0.2, -0.15) is 4.31 Å². The molecule has 0 amide bonds. The lowest BCUT2D eigenvalue weighted by Crippen LogP contribution is -2.36. The van der Waals surface area contributed by atoms with Gasteiger partial charge in [0.2, 0.25) is 0 Å². The molecule has 1 aromatic heterocycles. The first-order chi connectivity index (χ1) is 12.4. The third-order valence-electron chi connectivity index (χ3n) is 5.16. The van der Waals surface area contributed by atoms with Crippen molar-refractivity contribution >= 4 is 15.7 Å². The van der Waals surface area contributed by atoms with Crippen LogP contribution in [0.4, 0.5) is 5.69 Å². The number of aryl methyl sites for hydroxylation is 2. The Balaban J connectivity index is 1.43.